The van der Waals surface area contributed by atoms with Crippen molar-refractivity contribution in [3.63, 3.8) is 0 Å². The standard InChI is InChI=1S/C15H29N5O4/c1-9(21)8-11(22)19-10(6-5-7-18-14(16)17)12(23)13(24)20-15(2,3)4/h9-10,21H,5-8H2,1-4H3,(H,19,22)(H,20,24)(H4,16,17,18)/t9-,10?/m0/s1. The highest BCUT2D eigenvalue weighted by Crippen LogP contribution is 2.04. The van der Waals surface area contributed by atoms with E-state index in [1.165, 1.54) is 6.92 Å². The first-order valence-corrected chi connectivity index (χ1v) is 7.81. The van der Waals surface area contributed by atoms with E-state index in [1.54, 1.807) is 20.8 Å². The van der Waals surface area contributed by atoms with Gasteiger partial charge in [-0.05, 0) is 40.5 Å². The summed E-state index contributed by atoms with van der Waals surface area (Å²) < 4.78 is 0. The van der Waals surface area contributed by atoms with Crippen molar-refractivity contribution in [1.82, 2.24) is 10.6 Å². The quantitative estimate of drug-likeness (QED) is 0.153. The molecular weight excluding hydrogens is 314 g/mol. The predicted octanol–water partition coefficient (Wildman–Crippen LogP) is -1.22. The van der Waals surface area contributed by atoms with Crippen molar-refractivity contribution in [2.75, 3.05) is 6.54 Å². The van der Waals surface area contributed by atoms with E-state index in [4.69, 9.17) is 11.5 Å². The molecule has 0 saturated carbocycles. The lowest BCUT2D eigenvalue weighted by Crippen LogP contribution is -2.52. The lowest BCUT2D eigenvalue weighted by Gasteiger charge is -2.23. The molecule has 2 atom stereocenters. The van der Waals surface area contributed by atoms with Crippen molar-refractivity contribution in [2.24, 2.45) is 16.5 Å². The molecule has 9 nitrogen and oxygen atoms in total. The first-order valence-electron chi connectivity index (χ1n) is 7.81. The van der Waals surface area contributed by atoms with Gasteiger partial charge in [0.15, 0.2) is 5.96 Å². The minimum Gasteiger partial charge on any atom is -0.393 e. The van der Waals surface area contributed by atoms with E-state index >= 15 is 0 Å². The molecule has 0 spiro atoms. The van der Waals surface area contributed by atoms with Crippen LogP contribution in [0.4, 0.5) is 0 Å². The highest BCUT2D eigenvalue weighted by molar-refractivity contribution is 6.38. The Morgan fingerprint density at radius 3 is 2.25 bits per heavy atom. The van der Waals surface area contributed by atoms with Gasteiger partial charge < -0.3 is 27.2 Å². The molecule has 0 aromatic heterocycles. The number of nitrogens with zero attached hydrogens (tertiary/aromatic N) is 1. The fourth-order valence-corrected chi connectivity index (χ4v) is 1.85. The monoisotopic (exact) mass is 343 g/mol. The summed E-state index contributed by atoms with van der Waals surface area (Å²) in [5, 5.41) is 14.3. The van der Waals surface area contributed by atoms with E-state index in [-0.39, 0.29) is 25.3 Å². The van der Waals surface area contributed by atoms with Gasteiger partial charge in [0.05, 0.1) is 18.6 Å². The van der Waals surface area contributed by atoms with Gasteiger partial charge in [-0.25, -0.2) is 0 Å². The van der Waals surface area contributed by atoms with Crippen LogP contribution < -0.4 is 22.1 Å². The van der Waals surface area contributed by atoms with Crippen molar-refractivity contribution in [3.8, 4) is 0 Å². The number of aliphatic hydroxyl groups is 1. The van der Waals surface area contributed by atoms with Gasteiger partial charge in [-0.2, -0.15) is 0 Å². The summed E-state index contributed by atoms with van der Waals surface area (Å²) in [5.41, 5.74) is 9.87. The Labute approximate surface area is 142 Å². The third-order valence-corrected chi connectivity index (χ3v) is 2.79. The molecule has 0 aromatic rings. The first kappa shape index (κ1) is 21.8. The van der Waals surface area contributed by atoms with Gasteiger partial charge >= 0.3 is 0 Å². The van der Waals surface area contributed by atoms with E-state index in [1.807, 2.05) is 0 Å². The average Bonchev–Trinajstić information content (AvgIpc) is 2.38. The van der Waals surface area contributed by atoms with Crippen LogP contribution in [-0.2, 0) is 14.4 Å². The number of hydrogen-bond donors (Lipinski definition) is 5. The molecule has 9 heteroatoms. The number of aliphatic imine (C=N–C) groups is 1. The summed E-state index contributed by atoms with van der Waals surface area (Å²) in [6.07, 6.45) is -0.380. The minimum atomic E-state index is -0.993. The number of nitrogens with two attached hydrogens (primary N) is 2. The van der Waals surface area contributed by atoms with Crippen molar-refractivity contribution >= 4 is 23.6 Å². The third-order valence-electron chi connectivity index (χ3n) is 2.79. The predicted molar refractivity (Wildman–Crippen MR) is 91.0 cm³/mol. The van der Waals surface area contributed by atoms with Crippen LogP contribution in [0.3, 0.4) is 0 Å². The van der Waals surface area contributed by atoms with Crippen LogP contribution in [-0.4, -0.2) is 52.9 Å². The number of nitrogens with one attached hydrogen (secondary N) is 2. The fourth-order valence-electron chi connectivity index (χ4n) is 1.85. The fraction of sp³-hybridized carbons (Fsp3) is 0.733. The van der Waals surface area contributed by atoms with Crippen molar-refractivity contribution in [2.45, 2.75) is 64.6 Å². The number of ketones is 1. The second-order valence-electron chi connectivity index (χ2n) is 6.69. The molecule has 24 heavy (non-hydrogen) atoms. The summed E-state index contributed by atoms with van der Waals surface area (Å²) in [7, 11) is 0. The molecule has 0 aliphatic heterocycles. The van der Waals surface area contributed by atoms with Crippen LogP contribution in [0.5, 0.6) is 0 Å². The van der Waals surface area contributed by atoms with Gasteiger partial charge in [0.2, 0.25) is 11.7 Å². The number of amides is 2. The maximum Gasteiger partial charge on any atom is 0.290 e. The summed E-state index contributed by atoms with van der Waals surface area (Å²) in [6, 6.07) is -0.993. The van der Waals surface area contributed by atoms with Crippen LogP contribution in [0, 0.1) is 0 Å². The van der Waals surface area contributed by atoms with Crippen molar-refractivity contribution in [1.29, 1.82) is 0 Å². The van der Waals surface area contributed by atoms with Crippen molar-refractivity contribution < 1.29 is 19.5 Å². The van der Waals surface area contributed by atoms with E-state index < -0.39 is 35.3 Å². The third kappa shape index (κ3) is 10.5. The topological polar surface area (TPSA) is 160 Å². The van der Waals surface area contributed by atoms with Crippen LogP contribution >= 0.6 is 0 Å². The molecule has 0 radical (unpaired) electrons. The number of carbonyl (C=O) groups excluding carboxylic acids is 3. The Morgan fingerprint density at radius 2 is 1.79 bits per heavy atom. The zero-order chi connectivity index (χ0) is 18.9. The Hall–Kier alpha value is -2.16. The first-order chi connectivity index (χ1) is 10.9. The SMILES string of the molecule is C[C@H](O)CC(=O)NC(CCCN=C(N)N)C(=O)C(=O)NC(C)(C)C. The molecule has 0 aromatic carbocycles. The molecule has 2 amide bonds. The Bertz CT molecular complexity index is 479. The normalized spacial score (nSPS) is 13.5. The molecule has 0 heterocycles. The largest absolute Gasteiger partial charge is 0.393 e. The second kappa shape index (κ2) is 9.86. The van der Waals surface area contributed by atoms with Crippen LogP contribution in [0.15, 0.2) is 4.99 Å². The minimum absolute atomic E-state index is 0.0681. The Morgan fingerprint density at radius 1 is 1.21 bits per heavy atom. The lowest BCUT2D eigenvalue weighted by molar-refractivity contribution is -0.141. The molecule has 138 valence electrons. The molecule has 1 unspecified atom stereocenters. The summed E-state index contributed by atoms with van der Waals surface area (Å²) >= 11 is 0. The average molecular weight is 343 g/mol. The van der Waals surface area contributed by atoms with Gasteiger partial charge in [0.25, 0.3) is 5.91 Å². The zero-order valence-electron chi connectivity index (χ0n) is 14.8. The summed E-state index contributed by atoms with van der Waals surface area (Å²) in [6.45, 7) is 6.98. The van der Waals surface area contributed by atoms with E-state index in [0.717, 1.165) is 0 Å². The number of hydrogen-bond acceptors (Lipinski definition) is 5. The maximum atomic E-state index is 12.3. The highest BCUT2D eigenvalue weighted by Gasteiger charge is 2.29. The molecule has 0 bridgehead atoms. The van der Waals surface area contributed by atoms with Crippen LogP contribution in [0.2, 0.25) is 0 Å². The van der Waals surface area contributed by atoms with Gasteiger partial charge in [-0.15, -0.1) is 0 Å². The molecule has 0 rings (SSSR count). The number of carbonyl (C=O) groups is 3. The maximum absolute atomic E-state index is 12.3. The molecule has 0 saturated heterocycles. The van der Waals surface area contributed by atoms with Crippen LogP contribution in [0.1, 0.15) is 47.0 Å². The lowest BCUT2D eigenvalue weighted by atomic mass is 10.0. The number of rotatable bonds is 9. The molecule has 0 fully saturated rings. The number of guanidine groups is 1. The molecule has 0 aliphatic rings. The summed E-state index contributed by atoms with van der Waals surface area (Å²) in [4.78, 5) is 39.9. The van der Waals surface area contributed by atoms with E-state index in [0.29, 0.717) is 6.42 Å². The highest BCUT2D eigenvalue weighted by atomic mass is 16.3. The smallest absolute Gasteiger partial charge is 0.290 e. The summed E-state index contributed by atoms with van der Waals surface area (Å²) in [5.74, 6) is -2.09. The molecule has 7 N–H and O–H groups in total. The van der Waals surface area contributed by atoms with Gasteiger partial charge in [0, 0.05) is 12.1 Å². The van der Waals surface area contributed by atoms with Crippen LogP contribution in [0.25, 0.3) is 0 Å². The molecule has 0 aliphatic carbocycles. The van der Waals surface area contributed by atoms with Gasteiger partial charge in [-0.3, -0.25) is 19.4 Å². The van der Waals surface area contributed by atoms with E-state index in [9.17, 15) is 19.5 Å². The number of Topliss-reactive ketones (excluding diaryl/α,β-unsaturated/α-hetero) is 1. The van der Waals surface area contributed by atoms with Gasteiger partial charge in [-0.1, -0.05) is 0 Å². The Kier molecular flexibility index (Phi) is 8.97. The van der Waals surface area contributed by atoms with Gasteiger partial charge in [0.1, 0.15) is 0 Å². The molecular formula is C15H29N5O4. The van der Waals surface area contributed by atoms with Crippen molar-refractivity contribution in [3.05, 3.63) is 0 Å². The zero-order valence-corrected chi connectivity index (χ0v) is 14.8. The second-order valence-corrected chi connectivity index (χ2v) is 6.69. The number of aliphatic hydroxyl groups excluding tert-OH is 1. The van der Waals surface area contributed by atoms with E-state index in [2.05, 4.69) is 15.6 Å². The Balaban J connectivity index is 4.88.